The van der Waals surface area contributed by atoms with Gasteiger partial charge in [-0.1, -0.05) is 24.3 Å². The Morgan fingerprint density at radius 1 is 1.24 bits per heavy atom. The molecule has 1 saturated carbocycles. The summed E-state index contributed by atoms with van der Waals surface area (Å²) in [6.07, 6.45) is 3.25. The van der Waals surface area contributed by atoms with Crippen LogP contribution in [0.4, 0.5) is 0 Å². The van der Waals surface area contributed by atoms with Crippen molar-refractivity contribution in [1.29, 1.82) is 0 Å². The highest BCUT2D eigenvalue weighted by atomic mass is 32.2. The van der Waals surface area contributed by atoms with Crippen molar-refractivity contribution >= 4 is 10.0 Å². The van der Waals surface area contributed by atoms with Crippen molar-refractivity contribution < 1.29 is 8.42 Å². The molecule has 0 radical (unpaired) electrons. The molecule has 0 unspecified atom stereocenters. The molecule has 6 heteroatoms. The van der Waals surface area contributed by atoms with E-state index in [0.29, 0.717) is 13.1 Å². The van der Waals surface area contributed by atoms with Gasteiger partial charge in [0.25, 0.3) is 0 Å². The van der Waals surface area contributed by atoms with Crippen LogP contribution < -0.4 is 10.5 Å². The maximum Gasteiger partial charge on any atom is 0.215 e. The van der Waals surface area contributed by atoms with Crippen LogP contribution in [0.5, 0.6) is 0 Å². The fraction of sp³-hybridized carbons (Fsp3) is 0.600. The molecule has 0 bridgehead atoms. The van der Waals surface area contributed by atoms with E-state index in [4.69, 9.17) is 5.73 Å². The fourth-order valence-electron chi connectivity index (χ4n) is 2.76. The van der Waals surface area contributed by atoms with Gasteiger partial charge in [0.1, 0.15) is 0 Å². The molecule has 0 amide bonds. The Hall–Kier alpha value is -0.950. The van der Waals surface area contributed by atoms with Crippen LogP contribution in [0.1, 0.15) is 30.4 Å². The minimum absolute atomic E-state index is 0.0100. The summed E-state index contributed by atoms with van der Waals surface area (Å²) in [4.78, 5) is 2.13. The molecule has 5 nitrogen and oxygen atoms in total. The van der Waals surface area contributed by atoms with Crippen LogP contribution in [0.25, 0.3) is 0 Å². The van der Waals surface area contributed by atoms with Gasteiger partial charge >= 0.3 is 0 Å². The number of nitrogens with two attached hydrogens (primary N) is 1. The van der Waals surface area contributed by atoms with Crippen LogP contribution in [0, 0.1) is 0 Å². The minimum atomic E-state index is -3.34. The largest absolute Gasteiger partial charge is 0.326 e. The van der Waals surface area contributed by atoms with E-state index in [1.54, 1.807) is 0 Å². The Balaban J connectivity index is 2.02. The normalized spacial score (nSPS) is 17.7. The van der Waals surface area contributed by atoms with E-state index in [9.17, 15) is 8.42 Å². The van der Waals surface area contributed by atoms with Crippen molar-refractivity contribution in [2.24, 2.45) is 5.73 Å². The van der Waals surface area contributed by atoms with E-state index in [1.165, 1.54) is 0 Å². The first-order valence-electron chi connectivity index (χ1n) is 7.30. The molecule has 1 aromatic rings. The summed E-state index contributed by atoms with van der Waals surface area (Å²) in [6, 6.07) is 7.42. The molecule has 3 N–H and O–H groups in total. The van der Waals surface area contributed by atoms with Gasteiger partial charge in [-0.05, 0) is 44.5 Å². The van der Waals surface area contributed by atoms with E-state index in [-0.39, 0.29) is 11.3 Å². The smallest absolute Gasteiger partial charge is 0.215 e. The summed E-state index contributed by atoms with van der Waals surface area (Å²) < 4.78 is 27.4. The zero-order chi connectivity index (χ0) is 15.5. The lowest BCUT2D eigenvalue weighted by Crippen LogP contribution is -2.57. The van der Waals surface area contributed by atoms with Crippen molar-refractivity contribution in [3.8, 4) is 0 Å². The van der Waals surface area contributed by atoms with Crippen LogP contribution in [-0.4, -0.2) is 39.5 Å². The molecule has 118 valence electrons. The molecule has 0 aliphatic heterocycles. The topological polar surface area (TPSA) is 75.4 Å². The second kappa shape index (κ2) is 6.44. The molecule has 21 heavy (non-hydrogen) atoms. The zero-order valence-corrected chi connectivity index (χ0v) is 13.6. The van der Waals surface area contributed by atoms with Gasteiger partial charge in [0.2, 0.25) is 10.0 Å². The van der Waals surface area contributed by atoms with Gasteiger partial charge in [-0.3, -0.25) is 0 Å². The minimum Gasteiger partial charge on any atom is -0.326 e. The number of hydrogen-bond donors (Lipinski definition) is 2. The molecule has 0 spiro atoms. The molecule has 1 aliphatic carbocycles. The van der Waals surface area contributed by atoms with Crippen molar-refractivity contribution in [3.05, 3.63) is 35.4 Å². The van der Waals surface area contributed by atoms with Gasteiger partial charge in [0.05, 0.1) is 5.75 Å². The molecule has 1 fully saturated rings. The van der Waals surface area contributed by atoms with E-state index < -0.39 is 10.0 Å². The summed E-state index contributed by atoms with van der Waals surface area (Å²) in [5.74, 6) is -0.0100. The average molecular weight is 311 g/mol. The van der Waals surface area contributed by atoms with Crippen molar-refractivity contribution in [2.45, 2.75) is 37.1 Å². The Bertz CT molecular complexity index is 580. The number of likely N-dealkylation sites (N-methyl/N-ethyl adjacent to an activating group) is 1. The van der Waals surface area contributed by atoms with Crippen LogP contribution >= 0.6 is 0 Å². The highest BCUT2D eigenvalue weighted by molar-refractivity contribution is 7.88. The van der Waals surface area contributed by atoms with Gasteiger partial charge in [-0.15, -0.1) is 0 Å². The highest BCUT2D eigenvalue weighted by Gasteiger charge is 2.39. The Morgan fingerprint density at radius 3 is 2.33 bits per heavy atom. The van der Waals surface area contributed by atoms with Crippen molar-refractivity contribution in [2.75, 3.05) is 20.6 Å². The SMILES string of the molecule is CN(C)C1(CNS(=O)(=O)Cc2ccccc2CN)CCC1. The Labute approximate surface area is 127 Å². The number of nitrogens with one attached hydrogen (secondary N) is 1. The van der Waals surface area contributed by atoms with Gasteiger partial charge in [-0.2, -0.15) is 0 Å². The lowest BCUT2D eigenvalue weighted by molar-refractivity contribution is 0.0656. The van der Waals surface area contributed by atoms with Gasteiger partial charge in [-0.25, -0.2) is 13.1 Å². The molecular formula is C15H25N3O2S. The second-order valence-electron chi connectivity index (χ2n) is 6.03. The quantitative estimate of drug-likeness (QED) is 0.789. The first kappa shape index (κ1) is 16.4. The summed E-state index contributed by atoms with van der Waals surface area (Å²) in [5, 5.41) is 0. The van der Waals surface area contributed by atoms with E-state index in [1.807, 2.05) is 38.4 Å². The third-order valence-electron chi connectivity index (χ3n) is 4.54. The Morgan fingerprint density at radius 2 is 1.86 bits per heavy atom. The number of hydrogen-bond acceptors (Lipinski definition) is 4. The van der Waals surface area contributed by atoms with E-state index in [2.05, 4.69) is 9.62 Å². The lowest BCUT2D eigenvalue weighted by Gasteiger charge is -2.47. The number of sulfonamides is 1. The lowest BCUT2D eigenvalue weighted by atomic mass is 9.76. The molecule has 2 rings (SSSR count). The van der Waals surface area contributed by atoms with Crippen molar-refractivity contribution in [1.82, 2.24) is 9.62 Å². The predicted molar refractivity (Wildman–Crippen MR) is 85.2 cm³/mol. The third kappa shape index (κ3) is 3.83. The monoisotopic (exact) mass is 311 g/mol. The molecule has 0 saturated heterocycles. The molecule has 1 aromatic carbocycles. The van der Waals surface area contributed by atoms with E-state index >= 15 is 0 Å². The number of nitrogens with zero attached hydrogens (tertiary/aromatic N) is 1. The number of benzene rings is 1. The van der Waals surface area contributed by atoms with Crippen LogP contribution in [0.3, 0.4) is 0 Å². The van der Waals surface area contributed by atoms with Gasteiger partial charge in [0, 0.05) is 18.6 Å². The van der Waals surface area contributed by atoms with Crippen LogP contribution in [0.2, 0.25) is 0 Å². The molecule has 1 aliphatic rings. The summed E-state index contributed by atoms with van der Waals surface area (Å²) in [6.45, 7) is 0.834. The molecule has 0 aromatic heterocycles. The van der Waals surface area contributed by atoms with Crippen molar-refractivity contribution in [3.63, 3.8) is 0 Å². The third-order valence-corrected chi connectivity index (χ3v) is 5.81. The second-order valence-corrected chi connectivity index (χ2v) is 7.83. The summed E-state index contributed by atoms with van der Waals surface area (Å²) >= 11 is 0. The number of rotatable bonds is 7. The molecular weight excluding hydrogens is 286 g/mol. The maximum absolute atomic E-state index is 12.3. The average Bonchev–Trinajstić information content (AvgIpc) is 2.37. The predicted octanol–water partition coefficient (Wildman–Crippen LogP) is 1.05. The zero-order valence-electron chi connectivity index (χ0n) is 12.8. The first-order chi connectivity index (χ1) is 9.88. The van der Waals surface area contributed by atoms with Crippen LogP contribution in [0.15, 0.2) is 24.3 Å². The fourth-order valence-corrected chi connectivity index (χ4v) is 4.05. The van der Waals surface area contributed by atoms with Gasteiger partial charge < -0.3 is 10.6 Å². The molecule has 0 atom stereocenters. The first-order valence-corrected chi connectivity index (χ1v) is 8.95. The Kier molecular flexibility index (Phi) is 5.03. The van der Waals surface area contributed by atoms with Gasteiger partial charge in [0.15, 0.2) is 0 Å². The van der Waals surface area contributed by atoms with Crippen LogP contribution in [-0.2, 0) is 22.3 Å². The molecule has 0 heterocycles. The summed E-state index contributed by atoms with van der Waals surface area (Å²) in [7, 11) is 0.680. The summed E-state index contributed by atoms with van der Waals surface area (Å²) in [5.41, 5.74) is 7.31. The highest BCUT2D eigenvalue weighted by Crippen LogP contribution is 2.35. The standard InChI is InChI=1S/C15H25N3O2S/c1-18(2)15(8-5-9-15)12-17-21(19,20)11-14-7-4-3-6-13(14)10-16/h3-4,6-7,17H,5,8-12,16H2,1-2H3. The maximum atomic E-state index is 12.3. The van der Waals surface area contributed by atoms with E-state index in [0.717, 1.165) is 30.4 Å².